The molecule has 1 atom stereocenters. The van der Waals surface area contributed by atoms with E-state index in [1.807, 2.05) is 12.1 Å². The van der Waals surface area contributed by atoms with E-state index < -0.39 is 0 Å². The van der Waals surface area contributed by atoms with Crippen LogP contribution in [0.3, 0.4) is 0 Å². The van der Waals surface area contributed by atoms with E-state index >= 15 is 0 Å². The fourth-order valence-electron chi connectivity index (χ4n) is 3.60. The Hall–Kier alpha value is -2.51. The van der Waals surface area contributed by atoms with Gasteiger partial charge in [-0.25, -0.2) is 9.37 Å². The Morgan fingerprint density at radius 3 is 3.00 bits per heavy atom. The fraction of sp³-hybridized carbons (Fsp3) is 0.400. The zero-order valence-electron chi connectivity index (χ0n) is 15.2. The van der Waals surface area contributed by atoms with Crippen LogP contribution in [-0.2, 0) is 0 Å². The smallest absolute Gasteiger partial charge is 0.157 e. The van der Waals surface area contributed by atoms with Crippen LogP contribution in [0.25, 0.3) is 16.9 Å². The molecule has 7 heteroatoms. The molecule has 3 heterocycles. The summed E-state index contributed by atoms with van der Waals surface area (Å²) in [6.07, 6.45) is 4.40. The molecule has 0 amide bonds. The molecule has 4 rings (SSSR count). The van der Waals surface area contributed by atoms with E-state index in [4.69, 9.17) is 0 Å². The van der Waals surface area contributed by atoms with Crippen molar-refractivity contribution < 1.29 is 9.50 Å². The summed E-state index contributed by atoms with van der Waals surface area (Å²) in [7, 11) is 0. The summed E-state index contributed by atoms with van der Waals surface area (Å²) >= 11 is 0. The quantitative estimate of drug-likeness (QED) is 0.654. The first-order chi connectivity index (χ1) is 13.2. The van der Waals surface area contributed by atoms with Crippen LogP contribution in [0.4, 0.5) is 10.2 Å². The Morgan fingerprint density at radius 1 is 1.26 bits per heavy atom. The minimum Gasteiger partial charge on any atom is -0.392 e. The van der Waals surface area contributed by atoms with Crippen molar-refractivity contribution >= 4 is 11.5 Å². The Kier molecular flexibility index (Phi) is 5.31. The Morgan fingerprint density at radius 2 is 2.15 bits per heavy atom. The van der Waals surface area contributed by atoms with Crippen molar-refractivity contribution in [2.75, 3.05) is 31.5 Å². The Balaban J connectivity index is 1.46. The number of benzene rings is 1. The molecule has 1 aromatic carbocycles. The minimum atomic E-state index is -0.288. The molecule has 3 aromatic rings. The minimum absolute atomic E-state index is 0.195. The number of anilines is 1. The summed E-state index contributed by atoms with van der Waals surface area (Å²) in [5.74, 6) is 0.505. The van der Waals surface area contributed by atoms with Crippen LogP contribution < -0.4 is 5.32 Å². The van der Waals surface area contributed by atoms with E-state index in [2.05, 4.69) is 20.3 Å². The molecule has 2 aromatic heterocycles. The number of aliphatic hydroxyl groups excluding tert-OH is 1. The zero-order chi connectivity index (χ0) is 18.6. The average Bonchev–Trinajstić information content (AvgIpc) is 3.14. The number of β-amino-alcohol motifs (C(OH)–C–C–N with tert-alkyl or cyclic N) is 1. The van der Waals surface area contributed by atoms with Gasteiger partial charge in [-0.15, -0.1) is 0 Å². The molecule has 0 bridgehead atoms. The molecule has 27 heavy (non-hydrogen) atoms. The second kappa shape index (κ2) is 8.02. The predicted molar refractivity (Wildman–Crippen MR) is 103 cm³/mol. The number of nitrogens with zero attached hydrogens (tertiary/aromatic N) is 4. The summed E-state index contributed by atoms with van der Waals surface area (Å²) in [6.45, 7) is 3.52. The molecular formula is C20H24FN5O. The van der Waals surface area contributed by atoms with Crippen LogP contribution in [0.2, 0.25) is 0 Å². The van der Waals surface area contributed by atoms with Crippen molar-refractivity contribution in [3.05, 3.63) is 48.4 Å². The molecule has 6 nitrogen and oxygen atoms in total. The zero-order valence-corrected chi connectivity index (χ0v) is 15.2. The number of aromatic nitrogens is 3. The average molecular weight is 369 g/mol. The van der Waals surface area contributed by atoms with Gasteiger partial charge in [-0.2, -0.15) is 9.61 Å². The molecule has 0 spiro atoms. The van der Waals surface area contributed by atoms with Gasteiger partial charge in [0.1, 0.15) is 11.6 Å². The van der Waals surface area contributed by atoms with Gasteiger partial charge in [-0.3, -0.25) is 0 Å². The van der Waals surface area contributed by atoms with Gasteiger partial charge < -0.3 is 15.3 Å². The van der Waals surface area contributed by atoms with Crippen molar-refractivity contribution in [2.45, 2.75) is 25.4 Å². The van der Waals surface area contributed by atoms with Gasteiger partial charge in [0.2, 0.25) is 0 Å². The Bertz CT molecular complexity index is 912. The second-order valence-electron chi connectivity index (χ2n) is 6.98. The van der Waals surface area contributed by atoms with Gasteiger partial charge in [-0.05, 0) is 44.5 Å². The summed E-state index contributed by atoms with van der Waals surface area (Å²) < 4.78 is 15.9. The topological polar surface area (TPSA) is 65.7 Å². The van der Waals surface area contributed by atoms with E-state index in [9.17, 15) is 9.50 Å². The van der Waals surface area contributed by atoms with Crippen LogP contribution in [-0.4, -0.2) is 56.9 Å². The lowest BCUT2D eigenvalue weighted by atomic mass is 10.1. The van der Waals surface area contributed by atoms with E-state index in [-0.39, 0.29) is 11.9 Å². The van der Waals surface area contributed by atoms with E-state index in [0.717, 1.165) is 51.3 Å². The highest BCUT2D eigenvalue weighted by Crippen LogP contribution is 2.24. The fourth-order valence-corrected chi connectivity index (χ4v) is 3.60. The highest BCUT2D eigenvalue weighted by Gasteiger charge is 2.17. The van der Waals surface area contributed by atoms with Crippen molar-refractivity contribution in [2.24, 2.45) is 0 Å². The van der Waals surface area contributed by atoms with E-state index in [0.29, 0.717) is 16.9 Å². The number of nitrogens with one attached hydrogen (secondary N) is 1. The van der Waals surface area contributed by atoms with Gasteiger partial charge >= 0.3 is 0 Å². The number of aliphatic hydroxyl groups is 1. The summed E-state index contributed by atoms with van der Waals surface area (Å²) in [5.41, 5.74) is 1.74. The van der Waals surface area contributed by atoms with Crippen molar-refractivity contribution in [1.82, 2.24) is 19.5 Å². The summed E-state index contributed by atoms with van der Waals surface area (Å²) in [4.78, 5) is 6.82. The maximum absolute atomic E-state index is 14.2. The number of fused-ring (bicyclic) bond motifs is 1. The van der Waals surface area contributed by atoms with Gasteiger partial charge in [0.05, 0.1) is 18.0 Å². The van der Waals surface area contributed by atoms with E-state index in [1.54, 1.807) is 28.9 Å². The third-order valence-corrected chi connectivity index (χ3v) is 4.95. The molecule has 0 radical (unpaired) electrons. The van der Waals surface area contributed by atoms with Crippen LogP contribution in [0.1, 0.15) is 19.3 Å². The van der Waals surface area contributed by atoms with Crippen molar-refractivity contribution in [1.29, 1.82) is 0 Å². The lowest BCUT2D eigenvalue weighted by molar-refractivity contribution is 0.0706. The third kappa shape index (κ3) is 4.09. The van der Waals surface area contributed by atoms with Gasteiger partial charge in [0.15, 0.2) is 5.65 Å². The second-order valence-corrected chi connectivity index (χ2v) is 6.98. The van der Waals surface area contributed by atoms with Crippen LogP contribution >= 0.6 is 0 Å². The standard InChI is InChI=1S/C20H24FN5O/c21-17-7-2-1-6-16(17)18-13-20(26-19(24-18)8-10-23-26)22-9-4-12-25-11-3-5-15(27)14-25/h1-2,6-8,10,13,15,22,27H,3-5,9,11-12,14H2. The molecule has 2 N–H and O–H groups in total. The first kappa shape index (κ1) is 17.9. The van der Waals surface area contributed by atoms with Crippen LogP contribution in [0, 0.1) is 5.82 Å². The van der Waals surface area contributed by atoms with Crippen LogP contribution in [0.15, 0.2) is 42.6 Å². The van der Waals surface area contributed by atoms with Crippen molar-refractivity contribution in [3.63, 3.8) is 0 Å². The SMILES string of the molecule is OC1CCCN(CCCNc2cc(-c3ccccc3F)nc3ccnn23)C1. The first-order valence-corrected chi connectivity index (χ1v) is 9.45. The number of piperidine rings is 1. The first-order valence-electron chi connectivity index (χ1n) is 9.45. The molecule has 142 valence electrons. The third-order valence-electron chi connectivity index (χ3n) is 4.95. The number of rotatable bonds is 6. The molecule has 1 aliphatic heterocycles. The summed E-state index contributed by atoms with van der Waals surface area (Å²) in [6, 6.07) is 10.3. The summed E-state index contributed by atoms with van der Waals surface area (Å²) in [5, 5.41) is 17.5. The highest BCUT2D eigenvalue weighted by atomic mass is 19.1. The molecule has 1 aliphatic rings. The lowest BCUT2D eigenvalue weighted by Crippen LogP contribution is -2.39. The van der Waals surface area contributed by atoms with Gasteiger partial charge in [0.25, 0.3) is 0 Å². The number of halogens is 1. The predicted octanol–water partition coefficient (Wildman–Crippen LogP) is 2.79. The van der Waals surface area contributed by atoms with Crippen molar-refractivity contribution in [3.8, 4) is 11.3 Å². The molecule has 1 fully saturated rings. The molecule has 0 aliphatic carbocycles. The molecule has 1 unspecified atom stereocenters. The lowest BCUT2D eigenvalue weighted by Gasteiger charge is -2.29. The molecular weight excluding hydrogens is 345 g/mol. The Labute approximate surface area is 157 Å². The number of likely N-dealkylation sites (tertiary alicyclic amines) is 1. The maximum atomic E-state index is 14.2. The number of hydrogen-bond donors (Lipinski definition) is 2. The monoisotopic (exact) mass is 369 g/mol. The number of hydrogen-bond acceptors (Lipinski definition) is 5. The van der Waals surface area contributed by atoms with Gasteiger partial charge in [0, 0.05) is 30.8 Å². The van der Waals surface area contributed by atoms with Gasteiger partial charge in [-0.1, -0.05) is 12.1 Å². The molecule has 0 saturated carbocycles. The highest BCUT2D eigenvalue weighted by molar-refractivity contribution is 5.66. The normalized spacial score (nSPS) is 18.1. The molecule has 1 saturated heterocycles. The maximum Gasteiger partial charge on any atom is 0.157 e. The van der Waals surface area contributed by atoms with E-state index in [1.165, 1.54) is 6.07 Å². The van der Waals surface area contributed by atoms with Crippen LogP contribution in [0.5, 0.6) is 0 Å². The largest absolute Gasteiger partial charge is 0.392 e.